The van der Waals surface area contributed by atoms with E-state index in [-0.39, 0.29) is 14.5 Å². The third-order valence-electron chi connectivity index (χ3n) is 8.27. The standard InChI is InChI=1S/C28H43F3OSi/c1-2-3-6-19-33-20-17-25(18-21-33)24-13-9-22(10-14-24)7-4-5-8-23-11-15-26(16-12-23)32-28(31)27(29)30/h11-12,15-16,22,24-25,33H,2-10,13-14,17-21H2,1H3/t22-,24-,25-,33-. The van der Waals surface area contributed by atoms with E-state index < -0.39 is 12.1 Å². The number of ether oxygens (including phenoxy) is 1. The Bertz CT molecular complexity index is 700. The number of unbranched alkanes of at least 4 members (excludes halogenated alkanes) is 3. The molecule has 1 aromatic carbocycles. The SMILES string of the molecule is CCCCC[Si@H]1CC[C@H]([C@H]2CC[C@H](CCCCc3ccc(OC(F)=C(F)F)cc3)CC2)CC1. The Labute approximate surface area is 200 Å². The lowest BCUT2D eigenvalue weighted by Crippen LogP contribution is -2.28. The molecule has 0 atom stereocenters. The Morgan fingerprint density at radius 3 is 2.15 bits per heavy atom. The van der Waals surface area contributed by atoms with Gasteiger partial charge in [0, 0.05) is 8.80 Å². The first-order chi connectivity index (χ1) is 16.0. The van der Waals surface area contributed by atoms with E-state index in [1.165, 1.54) is 57.8 Å². The number of aryl methyl sites for hydroxylation is 1. The molecule has 1 saturated heterocycles. The maximum absolute atomic E-state index is 12.8. The molecule has 0 N–H and O–H groups in total. The van der Waals surface area contributed by atoms with Crippen molar-refractivity contribution in [2.24, 2.45) is 17.8 Å². The maximum Gasteiger partial charge on any atom is 0.344 e. The van der Waals surface area contributed by atoms with Gasteiger partial charge in [0.2, 0.25) is 0 Å². The van der Waals surface area contributed by atoms with Crippen LogP contribution in [0.25, 0.3) is 0 Å². The minimum Gasteiger partial charge on any atom is -0.428 e. The van der Waals surface area contributed by atoms with Gasteiger partial charge in [-0.05, 0) is 61.1 Å². The van der Waals surface area contributed by atoms with Crippen molar-refractivity contribution in [3.05, 3.63) is 41.9 Å². The van der Waals surface area contributed by atoms with Gasteiger partial charge in [0.25, 0.3) is 0 Å². The molecule has 1 saturated carbocycles. The largest absolute Gasteiger partial charge is 0.428 e. The molecule has 33 heavy (non-hydrogen) atoms. The highest BCUT2D eigenvalue weighted by Crippen LogP contribution is 2.42. The number of hydrogen-bond donors (Lipinski definition) is 0. The van der Waals surface area contributed by atoms with Gasteiger partial charge in [-0.15, -0.1) is 0 Å². The molecule has 0 radical (unpaired) electrons. The van der Waals surface area contributed by atoms with Gasteiger partial charge in [-0.1, -0.05) is 95.0 Å². The summed E-state index contributed by atoms with van der Waals surface area (Å²) >= 11 is 0. The average molecular weight is 481 g/mol. The van der Waals surface area contributed by atoms with Crippen molar-refractivity contribution in [1.82, 2.24) is 0 Å². The van der Waals surface area contributed by atoms with Gasteiger partial charge in [0.1, 0.15) is 5.75 Å². The van der Waals surface area contributed by atoms with Crippen LogP contribution in [0.15, 0.2) is 36.4 Å². The Hall–Kier alpha value is -1.23. The topological polar surface area (TPSA) is 9.23 Å². The van der Waals surface area contributed by atoms with E-state index in [1.807, 2.05) is 12.1 Å². The highest BCUT2D eigenvalue weighted by Gasteiger charge is 2.30. The van der Waals surface area contributed by atoms with Crippen LogP contribution in [-0.4, -0.2) is 8.80 Å². The van der Waals surface area contributed by atoms with E-state index in [0.717, 1.165) is 36.2 Å². The second-order valence-electron chi connectivity index (χ2n) is 10.6. The van der Waals surface area contributed by atoms with Gasteiger partial charge in [-0.25, -0.2) is 0 Å². The van der Waals surface area contributed by atoms with Gasteiger partial charge in [0.15, 0.2) is 0 Å². The predicted molar refractivity (Wildman–Crippen MR) is 134 cm³/mol. The fourth-order valence-electron chi connectivity index (χ4n) is 6.21. The second kappa shape index (κ2) is 14.2. The van der Waals surface area contributed by atoms with E-state index in [4.69, 9.17) is 0 Å². The van der Waals surface area contributed by atoms with Crippen molar-refractivity contribution in [2.75, 3.05) is 0 Å². The molecular formula is C28H43F3OSi. The van der Waals surface area contributed by atoms with Crippen LogP contribution in [0.3, 0.4) is 0 Å². The summed E-state index contributed by atoms with van der Waals surface area (Å²) in [4.78, 5) is 0. The van der Waals surface area contributed by atoms with E-state index in [9.17, 15) is 13.2 Å². The Morgan fingerprint density at radius 1 is 0.848 bits per heavy atom. The lowest BCUT2D eigenvalue weighted by atomic mass is 9.73. The highest BCUT2D eigenvalue weighted by molar-refractivity contribution is 6.58. The molecule has 0 aromatic heterocycles. The number of halogens is 3. The molecule has 2 fully saturated rings. The summed E-state index contributed by atoms with van der Waals surface area (Å²) in [5.41, 5.74) is 1.14. The predicted octanol–water partition coefficient (Wildman–Crippen LogP) is 9.45. The Morgan fingerprint density at radius 2 is 1.52 bits per heavy atom. The zero-order valence-corrected chi connectivity index (χ0v) is 21.6. The lowest BCUT2D eigenvalue weighted by molar-refractivity contribution is 0.184. The summed E-state index contributed by atoms with van der Waals surface area (Å²) < 4.78 is 41.5. The molecule has 186 valence electrons. The van der Waals surface area contributed by atoms with Crippen LogP contribution in [0.5, 0.6) is 5.75 Å². The second-order valence-corrected chi connectivity index (χ2v) is 14.0. The first-order valence-electron chi connectivity index (χ1n) is 13.5. The highest BCUT2D eigenvalue weighted by atomic mass is 28.3. The fraction of sp³-hybridized carbons (Fsp3) is 0.714. The Kier molecular flexibility index (Phi) is 11.4. The molecule has 1 aromatic rings. The van der Waals surface area contributed by atoms with E-state index in [2.05, 4.69) is 11.7 Å². The van der Waals surface area contributed by atoms with Crippen molar-refractivity contribution >= 4 is 8.80 Å². The van der Waals surface area contributed by atoms with Crippen LogP contribution in [0.1, 0.15) is 89.5 Å². The number of hydrogen-bond acceptors (Lipinski definition) is 1. The van der Waals surface area contributed by atoms with Crippen molar-refractivity contribution in [3.63, 3.8) is 0 Å². The zero-order chi connectivity index (χ0) is 23.5. The average Bonchev–Trinajstić information content (AvgIpc) is 2.84. The minimum absolute atomic E-state index is 0.105. The molecule has 1 aliphatic carbocycles. The fourth-order valence-corrected chi connectivity index (χ4v) is 9.74. The molecule has 0 amide bonds. The summed E-state index contributed by atoms with van der Waals surface area (Å²) in [6.45, 7) is 2.31. The molecule has 1 nitrogen and oxygen atoms in total. The third-order valence-corrected chi connectivity index (χ3v) is 11.8. The Balaban J connectivity index is 1.26. The summed E-state index contributed by atoms with van der Waals surface area (Å²) in [5, 5.41) is 0. The first-order valence-corrected chi connectivity index (χ1v) is 16.0. The van der Waals surface area contributed by atoms with Gasteiger partial charge in [0.05, 0.1) is 0 Å². The molecule has 1 aliphatic heterocycles. The minimum atomic E-state index is -2.43. The van der Waals surface area contributed by atoms with E-state index in [0.29, 0.717) is 0 Å². The van der Waals surface area contributed by atoms with Crippen LogP contribution in [0.4, 0.5) is 13.2 Å². The van der Waals surface area contributed by atoms with Crippen LogP contribution < -0.4 is 4.74 Å². The molecular weight excluding hydrogens is 437 g/mol. The van der Waals surface area contributed by atoms with Crippen molar-refractivity contribution in [1.29, 1.82) is 0 Å². The summed E-state index contributed by atoms with van der Waals surface area (Å²) in [6, 6.07) is 9.83. The van der Waals surface area contributed by atoms with Crippen LogP contribution in [0, 0.1) is 17.8 Å². The van der Waals surface area contributed by atoms with Crippen molar-refractivity contribution in [3.8, 4) is 5.75 Å². The van der Waals surface area contributed by atoms with Crippen molar-refractivity contribution in [2.45, 2.75) is 109 Å². The quantitative estimate of drug-likeness (QED) is 0.164. The first kappa shape index (κ1) is 26.4. The lowest BCUT2D eigenvalue weighted by Gasteiger charge is -2.37. The number of rotatable bonds is 12. The van der Waals surface area contributed by atoms with Gasteiger partial charge in [-0.2, -0.15) is 13.2 Å². The molecule has 3 rings (SSSR count). The monoisotopic (exact) mass is 480 g/mol. The van der Waals surface area contributed by atoms with Crippen LogP contribution in [0.2, 0.25) is 18.1 Å². The molecule has 5 heteroatoms. The van der Waals surface area contributed by atoms with Crippen LogP contribution >= 0.6 is 0 Å². The molecule has 0 bridgehead atoms. The normalized spacial score (nSPS) is 25.6. The molecule has 0 spiro atoms. The van der Waals surface area contributed by atoms with E-state index >= 15 is 0 Å². The third kappa shape index (κ3) is 9.14. The summed E-state index contributed by atoms with van der Waals surface area (Å²) in [7, 11) is -0.378. The zero-order valence-electron chi connectivity index (χ0n) is 20.5. The maximum atomic E-state index is 12.8. The summed E-state index contributed by atoms with van der Waals surface area (Å²) in [5.74, 6) is 3.06. The smallest absolute Gasteiger partial charge is 0.344 e. The van der Waals surface area contributed by atoms with Gasteiger partial charge < -0.3 is 4.74 Å². The van der Waals surface area contributed by atoms with Gasteiger partial charge >= 0.3 is 12.1 Å². The molecule has 2 aliphatic rings. The molecule has 0 unspecified atom stereocenters. The number of benzene rings is 1. The summed E-state index contributed by atoms with van der Waals surface area (Å²) in [6.07, 6.45) is 15.4. The van der Waals surface area contributed by atoms with Crippen LogP contribution in [-0.2, 0) is 6.42 Å². The van der Waals surface area contributed by atoms with E-state index in [1.54, 1.807) is 43.1 Å². The van der Waals surface area contributed by atoms with Crippen molar-refractivity contribution < 1.29 is 17.9 Å². The van der Waals surface area contributed by atoms with Gasteiger partial charge in [-0.3, -0.25) is 0 Å². The molecule has 1 heterocycles.